The molecule has 0 aliphatic rings. The second kappa shape index (κ2) is 7.19. The first-order valence-corrected chi connectivity index (χ1v) is 8.01. The van der Waals surface area contributed by atoms with Gasteiger partial charge < -0.3 is 20.3 Å². The molecule has 0 atom stereocenters. The van der Waals surface area contributed by atoms with E-state index in [0.29, 0.717) is 22.6 Å². The summed E-state index contributed by atoms with van der Waals surface area (Å²) in [6, 6.07) is 18.3. The Morgan fingerprint density at radius 3 is 2.23 bits per heavy atom. The Labute approximate surface area is 151 Å². The van der Waals surface area contributed by atoms with Crippen LogP contribution >= 0.6 is 0 Å². The summed E-state index contributed by atoms with van der Waals surface area (Å²) in [4.78, 5) is 11.6. The number of ether oxygens (including phenoxy) is 2. The van der Waals surface area contributed by atoms with Gasteiger partial charge in [0, 0.05) is 11.1 Å². The van der Waals surface area contributed by atoms with Crippen LogP contribution in [-0.2, 0) is 0 Å². The van der Waals surface area contributed by atoms with Gasteiger partial charge in [0.15, 0.2) is 0 Å². The van der Waals surface area contributed by atoms with Crippen molar-refractivity contribution in [2.45, 2.75) is 0 Å². The van der Waals surface area contributed by atoms with E-state index < -0.39 is 5.91 Å². The summed E-state index contributed by atoms with van der Waals surface area (Å²) < 4.78 is 11.2. The molecule has 3 aromatic rings. The maximum absolute atomic E-state index is 11.6. The Kier molecular flexibility index (Phi) is 4.80. The molecule has 0 radical (unpaired) electrons. The molecule has 5 heteroatoms. The number of methoxy groups -OCH3 is 2. The number of phenols is 1. The van der Waals surface area contributed by atoms with Crippen molar-refractivity contribution in [3.63, 3.8) is 0 Å². The second-order valence-electron chi connectivity index (χ2n) is 5.66. The zero-order valence-electron chi connectivity index (χ0n) is 14.5. The fourth-order valence-electron chi connectivity index (χ4n) is 2.99. The van der Waals surface area contributed by atoms with E-state index in [2.05, 4.69) is 0 Å². The van der Waals surface area contributed by atoms with E-state index in [4.69, 9.17) is 15.2 Å². The van der Waals surface area contributed by atoms with Crippen molar-refractivity contribution in [2.75, 3.05) is 14.2 Å². The Bertz CT molecular complexity index is 952. The quantitative estimate of drug-likeness (QED) is 0.733. The third-order valence-electron chi connectivity index (χ3n) is 4.20. The molecule has 0 saturated heterocycles. The summed E-state index contributed by atoms with van der Waals surface area (Å²) in [6.45, 7) is 0. The maximum atomic E-state index is 11.6. The van der Waals surface area contributed by atoms with Gasteiger partial charge in [-0.1, -0.05) is 42.5 Å². The van der Waals surface area contributed by atoms with Gasteiger partial charge in [-0.3, -0.25) is 4.79 Å². The third kappa shape index (κ3) is 2.95. The van der Waals surface area contributed by atoms with Crippen LogP contribution in [0.25, 0.3) is 22.3 Å². The number of carbonyl (C=O) groups excluding carboxylic acids is 1. The van der Waals surface area contributed by atoms with Gasteiger partial charge in [0.2, 0.25) is 0 Å². The summed E-state index contributed by atoms with van der Waals surface area (Å²) in [5, 5.41) is 10.6. The molecule has 0 unspecified atom stereocenters. The molecule has 3 aromatic carbocycles. The smallest absolute Gasteiger partial charge is 0.252 e. The largest absolute Gasteiger partial charge is 0.506 e. The molecule has 1 amide bonds. The Morgan fingerprint density at radius 1 is 0.885 bits per heavy atom. The van der Waals surface area contributed by atoms with Gasteiger partial charge in [-0.05, 0) is 23.8 Å². The Morgan fingerprint density at radius 2 is 1.62 bits per heavy atom. The second-order valence-corrected chi connectivity index (χ2v) is 5.66. The average molecular weight is 349 g/mol. The summed E-state index contributed by atoms with van der Waals surface area (Å²) in [6.07, 6.45) is 0. The number of amides is 1. The molecule has 0 heterocycles. The van der Waals surface area contributed by atoms with Crippen molar-refractivity contribution >= 4 is 5.91 Å². The first kappa shape index (κ1) is 17.4. The van der Waals surface area contributed by atoms with E-state index in [0.717, 1.165) is 11.1 Å². The molecule has 0 aliphatic carbocycles. The molecule has 0 saturated carbocycles. The maximum Gasteiger partial charge on any atom is 0.252 e. The molecule has 0 fully saturated rings. The van der Waals surface area contributed by atoms with E-state index in [1.807, 2.05) is 36.4 Å². The lowest BCUT2D eigenvalue weighted by Crippen LogP contribution is -2.11. The molecule has 0 bridgehead atoms. The normalized spacial score (nSPS) is 10.4. The minimum Gasteiger partial charge on any atom is -0.506 e. The van der Waals surface area contributed by atoms with Crippen molar-refractivity contribution in [2.24, 2.45) is 5.73 Å². The zero-order chi connectivity index (χ0) is 18.7. The van der Waals surface area contributed by atoms with Gasteiger partial charge >= 0.3 is 0 Å². The van der Waals surface area contributed by atoms with Gasteiger partial charge in [-0.15, -0.1) is 0 Å². The molecule has 132 valence electrons. The number of para-hydroxylation sites is 1. The predicted molar refractivity (Wildman–Crippen MR) is 101 cm³/mol. The van der Waals surface area contributed by atoms with Gasteiger partial charge in [0.05, 0.1) is 25.3 Å². The zero-order valence-corrected chi connectivity index (χ0v) is 14.5. The van der Waals surface area contributed by atoms with Crippen molar-refractivity contribution in [1.29, 1.82) is 0 Å². The highest BCUT2D eigenvalue weighted by molar-refractivity contribution is 5.99. The molecular formula is C21H19NO4. The van der Waals surface area contributed by atoms with E-state index in [1.54, 1.807) is 25.3 Å². The summed E-state index contributed by atoms with van der Waals surface area (Å²) in [7, 11) is 3.09. The van der Waals surface area contributed by atoms with Crippen LogP contribution in [-0.4, -0.2) is 25.2 Å². The van der Waals surface area contributed by atoms with Gasteiger partial charge in [0.1, 0.15) is 17.2 Å². The van der Waals surface area contributed by atoms with Crippen LogP contribution in [0.5, 0.6) is 17.2 Å². The van der Waals surface area contributed by atoms with Crippen molar-refractivity contribution < 1.29 is 19.4 Å². The fraction of sp³-hybridized carbons (Fsp3) is 0.0952. The number of aromatic hydroxyl groups is 1. The summed E-state index contributed by atoms with van der Waals surface area (Å²) >= 11 is 0. The van der Waals surface area contributed by atoms with Gasteiger partial charge in [-0.25, -0.2) is 0 Å². The third-order valence-corrected chi connectivity index (χ3v) is 4.20. The molecule has 26 heavy (non-hydrogen) atoms. The summed E-state index contributed by atoms with van der Waals surface area (Å²) in [5.74, 6) is 0.134. The van der Waals surface area contributed by atoms with E-state index in [-0.39, 0.29) is 11.3 Å². The predicted octanol–water partition coefficient (Wildman–Crippen LogP) is 3.84. The Balaban J connectivity index is 2.34. The SMILES string of the molecule is COc1ccc(-c2ccccc2)c(OC)c1-c1cccc(C(N)=O)c1O. The molecule has 0 spiro atoms. The number of nitrogens with two attached hydrogens (primary N) is 1. The van der Waals surface area contributed by atoms with E-state index in [1.165, 1.54) is 13.2 Å². The Hall–Kier alpha value is -3.47. The molecule has 0 aliphatic heterocycles. The van der Waals surface area contributed by atoms with Crippen LogP contribution in [0.1, 0.15) is 10.4 Å². The van der Waals surface area contributed by atoms with Crippen LogP contribution in [0.4, 0.5) is 0 Å². The number of primary amides is 1. The molecule has 3 rings (SSSR count). The summed E-state index contributed by atoms with van der Waals surface area (Å²) in [5.41, 5.74) is 8.16. The highest BCUT2D eigenvalue weighted by Gasteiger charge is 2.22. The highest BCUT2D eigenvalue weighted by atomic mass is 16.5. The molecule has 3 N–H and O–H groups in total. The minimum atomic E-state index is -0.707. The molecular weight excluding hydrogens is 330 g/mol. The first-order valence-electron chi connectivity index (χ1n) is 8.01. The number of carbonyl (C=O) groups is 1. The lowest BCUT2D eigenvalue weighted by molar-refractivity contribution is 0.0998. The lowest BCUT2D eigenvalue weighted by atomic mass is 9.94. The van der Waals surface area contributed by atoms with Gasteiger partial charge in [-0.2, -0.15) is 0 Å². The number of hydrogen-bond acceptors (Lipinski definition) is 4. The van der Waals surface area contributed by atoms with Crippen molar-refractivity contribution in [1.82, 2.24) is 0 Å². The lowest BCUT2D eigenvalue weighted by Gasteiger charge is -2.18. The molecule has 5 nitrogen and oxygen atoms in total. The van der Waals surface area contributed by atoms with Crippen LogP contribution in [0.2, 0.25) is 0 Å². The first-order chi connectivity index (χ1) is 12.6. The minimum absolute atomic E-state index is 0.0386. The van der Waals surface area contributed by atoms with Crippen molar-refractivity contribution in [3.05, 3.63) is 66.2 Å². The van der Waals surface area contributed by atoms with E-state index in [9.17, 15) is 9.90 Å². The van der Waals surface area contributed by atoms with Gasteiger partial charge in [0.25, 0.3) is 5.91 Å². The average Bonchev–Trinajstić information content (AvgIpc) is 2.67. The van der Waals surface area contributed by atoms with E-state index >= 15 is 0 Å². The van der Waals surface area contributed by atoms with Crippen LogP contribution in [0, 0.1) is 0 Å². The van der Waals surface area contributed by atoms with Crippen LogP contribution in [0.15, 0.2) is 60.7 Å². The molecule has 0 aromatic heterocycles. The number of benzene rings is 3. The van der Waals surface area contributed by atoms with Crippen molar-refractivity contribution in [3.8, 4) is 39.5 Å². The monoisotopic (exact) mass is 349 g/mol. The topological polar surface area (TPSA) is 81.8 Å². The fourth-order valence-corrected chi connectivity index (χ4v) is 2.99. The number of rotatable bonds is 5. The standard InChI is InChI=1S/C21H19NO4/c1-25-17-12-11-14(13-7-4-3-5-8-13)20(26-2)18(17)15-9-6-10-16(19(15)23)21(22)24/h3-12,23H,1-2H3,(H2,22,24). The number of hydrogen-bond donors (Lipinski definition) is 2. The van der Waals surface area contributed by atoms with Crippen LogP contribution in [0.3, 0.4) is 0 Å². The van der Waals surface area contributed by atoms with Crippen LogP contribution < -0.4 is 15.2 Å². The highest BCUT2D eigenvalue weighted by Crippen LogP contribution is 2.47.